The SMILES string of the molecule is CCOc1ccc(CC(=O)NCc2nc(-c3cccnc3)cs2)cc1. The summed E-state index contributed by atoms with van der Waals surface area (Å²) in [7, 11) is 0. The van der Waals surface area contributed by atoms with E-state index in [1.807, 2.05) is 48.7 Å². The minimum atomic E-state index is -0.0257. The number of aromatic nitrogens is 2. The Morgan fingerprint density at radius 3 is 2.80 bits per heavy atom. The zero-order valence-corrected chi connectivity index (χ0v) is 14.8. The molecule has 1 N–H and O–H groups in total. The van der Waals surface area contributed by atoms with E-state index < -0.39 is 0 Å². The maximum absolute atomic E-state index is 12.1. The van der Waals surface area contributed by atoms with Crippen molar-refractivity contribution in [2.24, 2.45) is 0 Å². The zero-order valence-electron chi connectivity index (χ0n) is 13.9. The molecule has 128 valence electrons. The number of nitrogens with one attached hydrogen (secondary N) is 1. The third kappa shape index (κ3) is 4.87. The highest BCUT2D eigenvalue weighted by Gasteiger charge is 2.07. The monoisotopic (exact) mass is 353 g/mol. The van der Waals surface area contributed by atoms with Crippen LogP contribution in [-0.4, -0.2) is 22.5 Å². The highest BCUT2D eigenvalue weighted by molar-refractivity contribution is 7.09. The second-order valence-corrected chi connectivity index (χ2v) is 6.34. The average Bonchev–Trinajstić information content (AvgIpc) is 3.12. The standard InChI is InChI=1S/C19H19N3O2S/c1-2-24-16-7-5-14(6-8-16)10-18(23)21-12-19-22-17(13-25-19)15-4-3-9-20-11-15/h3-9,11,13H,2,10,12H2,1H3,(H,21,23). The van der Waals surface area contributed by atoms with E-state index in [1.54, 1.807) is 12.4 Å². The molecule has 25 heavy (non-hydrogen) atoms. The van der Waals surface area contributed by atoms with Crippen LogP contribution < -0.4 is 10.1 Å². The fourth-order valence-corrected chi connectivity index (χ4v) is 3.07. The van der Waals surface area contributed by atoms with Gasteiger partial charge in [0.2, 0.25) is 5.91 Å². The second kappa shape index (κ2) is 8.39. The van der Waals surface area contributed by atoms with E-state index in [9.17, 15) is 4.79 Å². The minimum Gasteiger partial charge on any atom is -0.494 e. The van der Waals surface area contributed by atoms with Gasteiger partial charge in [-0.25, -0.2) is 4.98 Å². The molecular weight excluding hydrogens is 334 g/mol. The molecule has 0 aliphatic carbocycles. The van der Waals surface area contributed by atoms with Crippen LogP contribution in [0.4, 0.5) is 0 Å². The third-order valence-corrected chi connectivity index (χ3v) is 4.39. The highest BCUT2D eigenvalue weighted by Crippen LogP contribution is 2.20. The molecule has 0 atom stereocenters. The molecule has 2 aromatic heterocycles. The van der Waals surface area contributed by atoms with Gasteiger partial charge in [0.1, 0.15) is 10.8 Å². The zero-order chi connectivity index (χ0) is 17.5. The first-order valence-corrected chi connectivity index (χ1v) is 8.96. The Kier molecular flexibility index (Phi) is 5.74. The Bertz CT molecular complexity index is 816. The van der Waals surface area contributed by atoms with E-state index in [1.165, 1.54) is 11.3 Å². The van der Waals surface area contributed by atoms with Crippen LogP contribution in [-0.2, 0) is 17.8 Å². The van der Waals surface area contributed by atoms with Gasteiger partial charge in [0, 0.05) is 23.3 Å². The predicted octanol–water partition coefficient (Wildman–Crippen LogP) is 3.46. The molecule has 3 rings (SSSR count). The lowest BCUT2D eigenvalue weighted by atomic mass is 10.1. The van der Waals surface area contributed by atoms with E-state index in [-0.39, 0.29) is 5.91 Å². The summed E-state index contributed by atoms with van der Waals surface area (Å²) in [5.41, 5.74) is 2.82. The quantitative estimate of drug-likeness (QED) is 0.706. The number of carbonyl (C=O) groups is 1. The van der Waals surface area contributed by atoms with E-state index in [2.05, 4.69) is 15.3 Å². The van der Waals surface area contributed by atoms with Crippen LogP contribution >= 0.6 is 11.3 Å². The number of hydrogen-bond acceptors (Lipinski definition) is 5. The van der Waals surface area contributed by atoms with E-state index in [4.69, 9.17) is 4.74 Å². The van der Waals surface area contributed by atoms with Crippen molar-refractivity contribution < 1.29 is 9.53 Å². The topological polar surface area (TPSA) is 64.1 Å². The summed E-state index contributed by atoms with van der Waals surface area (Å²) in [5.74, 6) is 0.791. The fraction of sp³-hybridized carbons (Fsp3) is 0.211. The Labute approximate surface area is 150 Å². The Balaban J connectivity index is 1.51. The second-order valence-electron chi connectivity index (χ2n) is 5.40. The van der Waals surface area contributed by atoms with Gasteiger partial charge in [-0.15, -0.1) is 11.3 Å². The molecule has 0 saturated carbocycles. The number of carbonyl (C=O) groups excluding carboxylic acids is 1. The minimum absolute atomic E-state index is 0.0257. The number of hydrogen-bond donors (Lipinski definition) is 1. The number of nitrogens with zero attached hydrogens (tertiary/aromatic N) is 2. The molecule has 0 spiro atoms. The third-order valence-electron chi connectivity index (χ3n) is 3.54. The maximum Gasteiger partial charge on any atom is 0.224 e. The van der Waals surface area contributed by atoms with E-state index in [0.29, 0.717) is 19.6 Å². The largest absolute Gasteiger partial charge is 0.494 e. The molecule has 0 radical (unpaired) electrons. The summed E-state index contributed by atoms with van der Waals surface area (Å²) in [6, 6.07) is 11.4. The van der Waals surface area contributed by atoms with Gasteiger partial charge in [-0.1, -0.05) is 12.1 Å². The molecule has 1 amide bonds. The van der Waals surface area contributed by atoms with Gasteiger partial charge in [0.05, 0.1) is 25.3 Å². The highest BCUT2D eigenvalue weighted by atomic mass is 32.1. The molecule has 5 nitrogen and oxygen atoms in total. The van der Waals surface area contributed by atoms with Crippen molar-refractivity contribution in [2.75, 3.05) is 6.61 Å². The van der Waals surface area contributed by atoms with E-state index >= 15 is 0 Å². The molecule has 2 heterocycles. The maximum atomic E-state index is 12.1. The number of rotatable bonds is 7. The summed E-state index contributed by atoms with van der Waals surface area (Å²) < 4.78 is 5.40. The van der Waals surface area contributed by atoms with Crippen molar-refractivity contribution in [1.29, 1.82) is 0 Å². The molecule has 0 fully saturated rings. The Hall–Kier alpha value is -2.73. The molecule has 0 bridgehead atoms. The normalized spacial score (nSPS) is 10.4. The summed E-state index contributed by atoms with van der Waals surface area (Å²) in [4.78, 5) is 20.7. The van der Waals surface area contributed by atoms with Crippen LogP contribution in [0.15, 0.2) is 54.2 Å². The van der Waals surface area contributed by atoms with Gasteiger partial charge in [-0.05, 0) is 36.8 Å². The lowest BCUT2D eigenvalue weighted by Gasteiger charge is -2.05. The van der Waals surface area contributed by atoms with Crippen molar-refractivity contribution in [3.8, 4) is 17.0 Å². The fourth-order valence-electron chi connectivity index (χ4n) is 2.33. The molecule has 6 heteroatoms. The van der Waals surface area contributed by atoms with Gasteiger partial charge in [0.15, 0.2) is 0 Å². The predicted molar refractivity (Wildman–Crippen MR) is 98.5 cm³/mol. The van der Waals surface area contributed by atoms with Gasteiger partial charge >= 0.3 is 0 Å². The average molecular weight is 353 g/mol. The number of benzene rings is 1. The number of ether oxygens (including phenoxy) is 1. The van der Waals surface area contributed by atoms with Gasteiger partial charge < -0.3 is 10.1 Å². The van der Waals surface area contributed by atoms with Crippen LogP contribution in [0.5, 0.6) is 5.75 Å². The molecule has 0 aliphatic heterocycles. The summed E-state index contributed by atoms with van der Waals surface area (Å²) in [5, 5.41) is 5.77. The lowest BCUT2D eigenvalue weighted by molar-refractivity contribution is -0.120. The number of thiazole rings is 1. The Morgan fingerprint density at radius 1 is 1.24 bits per heavy atom. The van der Waals surface area contributed by atoms with Crippen LogP contribution in [0.3, 0.4) is 0 Å². The molecule has 1 aromatic carbocycles. The summed E-state index contributed by atoms with van der Waals surface area (Å²) in [6.45, 7) is 3.01. The van der Waals surface area contributed by atoms with Crippen molar-refractivity contribution in [3.63, 3.8) is 0 Å². The van der Waals surface area contributed by atoms with Gasteiger partial charge in [0.25, 0.3) is 0 Å². The molecule has 0 aliphatic rings. The molecule has 3 aromatic rings. The first kappa shape index (κ1) is 17.1. The van der Waals surface area contributed by atoms with Crippen LogP contribution in [0.25, 0.3) is 11.3 Å². The summed E-state index contributed by atoms with van der Waals surface area (Å²) in [6.07, 6.45) is 3.86. The van der Waals surface area contributed by atoms with Crippen molar-refractivity contribution >= 4 is 17.2 Å². The smallest absolute Gasteiger partial charge is 0.224 e. The summed E-state index contributed by atoms with van der Waals surface area (Å²) >= 11 is 1.53. The molecule has 0 unspecified atom stereocenters. The molecular formula is C19H19N3O2S. The van der Waals surface area contributed by atoms with Gasteiger partial charge in [-0.2, -0.15) is 0 Å². The number of amides is 1. The van der Waals surface area contributed by atoms with Crippen LogP contribution in [0.1, 0.15) is 17.5 Å². The van der Waals surface area contributed by atoms with E-state index in [0.717, 1.165) is 27.6 Å². The van der Waals surface area contributed by atoms with Crippen LogP contribution in [0.2, 0.25) is 0 Å². The Morgan fingerprint density at radius 2 is 2.08 bits per heavy atom. The molecule has 0 saturated heterocycles. The van der Waals surface area contributed by atoms with Gasteiger partial charge in [-0.3, -0.25) is 9.78 Å². The van der Waals surface area contributed by atoms with Crippen molar-refractivity contribution in [2.45, 2.75) is 19.9 Å². The van der Waals surface area contributed by atoms with Crippen LogP contribution in [0, 0.1) is 0 Å². The lowest BCUT2D eigenvalue weighted by Crippen LogP contribution is -2.24. The van der Waals surface area contributed by atoms with Crippen molar-refractivity contribution in [1.82, 2.24) is 15.3 Å². The first-order chi connectivity index (χ1) is 12.2. The van der Waals surface area contributed by atoms with Crippen molar-refractivity contribution in [3.05, 3.63) is 64.7 Å². The first-order valence-electron chi connectivity index (χ1n) is 8.08. The number of pyridine rings is 1.